The van der Waals surface area contributed by atoms with Crippen LogP contribution in [0.3, 0.4) is 0 Å². The quantitative estimate of drug-likeness (QED) is 0.747. The van der Waals surface area contributed by atoms with Crippen molar-refractivity contribution in [2.75, 3.05) is 20.3 Å². The molecule has 1 aliphatic carbocycles. The van der Waals surface area contributed by atoms with E-state index in [0.29, 0.717) is 12.5 Å². The first-order chi connectivity index (χ1) is 6.78. The molecule has 0 spiro atoms. The summed E-state index contributed by atoms with van der Waals surface area (Å²) in [4.78, 5) is 0. The van der Waals surface area contributed by atoms with Gasteiger partial charge in [0, 0.05) is 20.1 Å². The van der Waals surface area contributed by atoms with E-state index in [9.17, 15) is 5.11 Å². The average molecular weight is 200 g/mol. The molecule has 2 unspecified atom stereocenters. The zero-order valence-corrected chi connectivity index (χ0v) is 8.87. The molecule has 0 bridgehead atoms. The van der Waals surface area contributed by atoms with Gasteiger partial charge in [0.05, 0.1) is 12.7 Å². The molecular formula is C11H20O3. The van der Waals surface area contributed by atoms with Crippen molar-refractivity contribution in [3.8, 4) is 0 Å². The molecule has 1 saturated heterocycles. The molecule has 3 heteroatoms. The van der Waals surface area contributed by atoms with Gasteiger partial charge in [0.1, 0.15) is 5.60 Å². The van der Waals surface area contributed by atoms with Gasteiger partial charge in [-0.3, -0.25) is 0 Å². The van der Waals surface area contributed by atoms with Crippen molar-refractivity contribution in [3.63, 3.8) is 0 Å². The highest BCUT2D eigenvalue weighted by atomic mass is 16.6. The number of rotatable bonds is 3. The van der Waals surface area contributed by atoms with Crippen molar-refractivity contribution < 1.29 is 14.6 Å². The van der Waals surface area contributed by atoms with E-state index in [-0.39, 0.29) is 6.10 Å². The molecule has 2 rings (SSSR count). The largest absolute Gasteiger partial charge is 0.390 e. The number of hydrogen-bond acceptors (Lipinski definition) is 3. The molecule has 1 saturated carbocycles. The highest BCUT2D eigenvalue weighted by molar-refractivity contribution is 4.96. The minimum atomic E-state index is -0.408. The van der Waals surface area contributed by atoms with Crippen LogP contribution >= 0.6 is 0 Å². The molecule has 1 heterocycles. The van der Waals surface area contributed by atoms with Crippen LogP contribution in [0.4, 0.5) is 0 Å². The van der Waals surface area contributed by atoms with E-state index in [0.717, 1.165) is 25.9 Å². The predicted molar refractivity (Wildman–Crippen MR) is 53.1 cm³/mol. The van der Waals surface area contributed by atoms with Crippen LogP contribution < -0.4 is 0 Å². The smallest absolute Gasteiger partial charge is 0.119 e. The van der Waals surface area contributed by atoms with E-state index in [1.807, 2.05) is 0 Å². The summed E-state index contributed by atoms with van der Waals surface area (Å²) in [6.45, 7) is 1.28. The van der Waals surface area contributed by atoms with Crippen LogP contribution in [0, 0.1) is 5.92 Å². The monoisotopic (exact) mass is 200 g/mol. The zero-order chi connectivity index (χ0) is 10.0. The third-order valence-electron chi connectivity index (χ3n) is 3.81. The number of hydrogen-bond donors (Lipinski definition) is 1. The van der Waals surface area contributed by atoms with E-state index in [1.54, 1.807) is 7.11 Å². The van der Waals surface area contributed by atoms with Gasteiger partial charge >= 0.3 is 0 Å². The molecule has 0 amide bonds. The Bertz CT molecular complexity index is 181. The second kappa shape index (κ2) is 4.17. The van der Waals surface area contributed by atoms with Crippen molar-refractivity contribution in [2.24, 2.45) is 5.92 Å². The number of aliphatic hydroxyl groups excluding tert-OH is 1. The number of methoxy groups -OCH3 is 1. The lowest BCUT2D eigenvalue weighted by molar-refractivity contribution is -0.123. The Kier molecular flexibility index (Phi) is 3.10. The lowest BCUT2D eigenvalue weighted by Crippen LogP contribution is -2.48. The van der Waals surface area contributed by atoms with Crippen LogP contribution in [-0.2, 0) is 9.47 Å². The first-order valence-electron chi connectivity index (χ1n) is 5.59. The Morgan fingerprint density at radius 3 is 2.64 bits per heavy atom. The third kappa shape index (κ3) is 1.69. The lowest BCUT2D eigenvalue weighted by atomic mass is 9.85. The van der Waals surface area contributed by atoms with Crippen LogP contribution in [0.1, 0.15) is 32.1 Å². The molecule has 3 nitrogen and oxygen atoms in total. The molecule has 1 N–H and O–H groups in total. The van der Waals surface area contributed by atoms with E-state index in [2.05, 4.69) is 0 Å². The molecule has 82 valence electrons. The van der Waals surface area contributed by atoms with Gasteiger partial charge in [-0.2, -0.15) is 0 Å². The molecule has 1 aliphatic heterocycles. The van der Waals surface area contributed by atoms with Crippen molar-refractivity contribution in [2.45, 2.75) is 43.8 Å². The fourth-order valence-corrected chi connectivity index (χ4v) is 2.78. The van der Waals surface area contributed by atoms with Crippen LogP contribution in [0.15, 0.2) is 0 Å². The van der Waals surface area contributed by atoms with Crippen molar-refractivity contribution in [3.05, 3.63) is 0 Å². The third-order valence-corrected chi connectivity index (χ3v) is 3.81. The molecule has 0 aromatic carbocycles. The maximum Gasteiger partial charge on any atom is 0.119 e. The summed E-state index contributed by atoms with van der Waals surface area (Å²) in [5, 5.41) is 10.3. The first kappa shape index (κ1) is 10.4. The minimum Gasteiger partial charge on any atom is -0.390 e. The molecule has 2 fully saturated rings. The van der Waals surface area contributed by atoms with Crippen LogP contribution in [0.2, 0.25) is 0 Å². The summed E-state index contributed by atoms with van der Waals surface area (Å²) in [6, 6.07) is 0. The second-order valence-corrected chi connectivity index (χ2v) is 4.56. The van der Waals surface area contributed by atoms with Crippen LogP contribution in [0.25, 0.3) is 0 Å². The van der Waals surface area contributed by atoms with Crippen molar-refractivity contribution in [1.29, 1.82) is 0 Å². The predicted octanol–water partition coefficient (Wildman–Crippen LogP) is 1.34. The molecule has 0 aromatic heterocycles. The topological polar surface area (TPSA) is 38.7 Å². The second-order valence-electron chi connectivity index (χ2n) is 4.56. The Morgan fingerprint density at radius 1 is 1.43 bits per heavy atom. The first-order valence-corrected chi connectivity index (χ1v) is 5.59. The lowest BCUT2D eigenvalue weighted by Gasteiger charge is -2.34. The molecule has 0 radical (unpaired) electrons. The summed E-state index contributed by atoms with van der Waals surface area (Å²) >= 11 is 0. The molecule has 14 heavy (non-hydrogen) atoms. The zero-order valence-electron chi connectivity index (χ0n) is 8.87. The molecule has 0 aromatic rings. The van der Waals surface area contributed by atoms with E-state index in [1.165, 1.54) is 12.8 Å². The Hall–Kier alpha value is -0.120. The summed E-state index contributed by atoms with van der Waals surface area (Å²) in [6.07, 6.45) is 5.29. The van der Waals surface area contributed by atoms with Gasteiger partial charge in [-0.05, 0) is 18.8 Å². The average Bonchev–Trinajstić information content (AvgIpc) is 2.89. The Labute approximate surface area is 85.4 Å². The number of ether oxygens (including phenoxy) is 2. The fraction of sp³-hybridized carbons (Fsp3) is 1.00. The van der Waals surface area contributed by atoms with Gasteiger partial charge in [0.25, 0.3) is 0 Å². The summed E-state index contributed by atoms with van der Waals surface area (Å²) in [5.41, 5.74) is -0.408. The van der Waals surface area contributed by atoms with Crippen molar-refractivity contribution in [1.82, 2.24) is 0 Å². The fourth-order valence-electron chi connectivity index (χ4n) is 2.78. The number of aliphatic hydroxyl groups is 1. The van der Waals surface area contributed by atoms with Gasteiger partial charge in [-0.25, -0.2) is 0 Å². The van der Waals surface area contributed by atoms with Crippen molar-refractivity contribution >= 4 is 0 Å². The van der Waals surface area contributed by atoms with Gasteiger partial charge in [-0.15, -0.1) is 0 Å². The van der Waals surface area contributed by atoms with E-state index >= 15 is 0 Å². The maximum atomic E-state index is 10.3. The summed E-state index contributed by atoms with van der Waals surface area (Å²) in [5.74, 6) is 0.427. The molecular weight excluding hydrogens is 180 g/mol. The summed E-state index contributed by atoms with van der Waals surface area (Å²) < 4.78 is 10.8. The normalized spacial score (nSPS) is 36.4. The standard InChI is InChI=1S/C11H20O3/c1-13-11(6-7-14-8-11)10(12)9-4-2-3-5-9/h9-10,12H,2-8H2,1H3. The molecule has 2 atom stereocenters. The van der Waals surface area contributed by atoms with E-state index < -0.39 is 5.60 Å². The van der Waals surface area contributed by atoms with E-state index in [4.69, 9.17) is 9.47 Å². The highest BCUT2D eigenvalue weighted by Gasteiger charge is 2.45. The van der Waals surface area contributed by atoms with Crippen LogP contribution in [0.5, 0.6) is 0 Å². The summed E-state index contributed by atoms with van der Waals surface area (Å²) in [7, 11) is 1.69. The highest BCUT2D eigenvalue weighted by Crippen LogP contribution is 2.37. The van der Waals surface area contributed by atoms with Gasteiger partial charge < -0.3 is 14.6 Å². The SMILES string of the molecule is COC1(C(O)C2CCCC2)CCOC1. The van der Waals surface area contributed by atoms with Crippen LogP contribution in [-0.4, -0.2) is 37.1 Å². The molecule has 2 aliphatic rings. The van der Waals surface area contributed by atoms with Gasteiger partial charge in [-0.1, -0.05) is 12.8 Å². The maximum absolute atomic E-state index is 10.3. The van der Waals surface area contributed by atoms with Gasteiger partial charge in [0.2, 0.25) is 0 Å². The Balaban J connectivity index is 2.02. The van der Waals surface area contributed by atoms with Gasteiger partial charge in [0.15, 0.2) is 0 Å². The Morgan fingerprint density at radius 2 is 2.14 bits per heavy atom. The minimum absolute atomic E-state index is 0.336.